The molecular formula is C33H29FN2O7. The van der Waals surface area contributed by atoms with Crippen molar-refractivity contribution >= 4 is 22.8 Å². The summed E-state index contributed by atoms with van der Waals surface area (Å²) in [6.45, 7) is -0.297. The average Bonchev–Trinajstić information content (AvgIpc) is 3.40. The van der Waals surface area contributed by atoms with Crippen LogP contribution in [0.1, 0.15) is 27.4 Å². The van der Waals surface area contributed by atoms with Crippen LogP contribution in [0.5, 0.6) is 5.75 Å². The van der Waals surface area contributed by atoms with Gasteiger partial charge in [-0.25, -0.2) is 9.18 Å². The molecule has 0 spiro atoms. The molecule has 0 fully saturated rings. The van der Waals surface area contributed by atoms with Gasteiger partial charge in [0.2, 0.25) is 5.91 Å². The minimum absolute atomic E-state index is 0.00361. The van der Waals surface area contributed by atoms with Crippen molar-refractivity contribution in [1.29, 1.82) is 0 Å². The number of rotatable bonds is 8. The molecule has 6 rings (SSSR count). The summed E-state index contributed by atoms with van der Waals surface area (Å²) in [5, 5.41) is 24.3. The molecule has 2 aliphatic rings. The molecule has 0 saturated carbocycles. The number of fused-ring (bicyclic) bond motifs is 4. The molecular weight excluding hydrogens is 555 g/mol. The fraction of sp³-hybridized carbons (Fsp3) is 0.242. The first-order valence-electron chi connectivity index (χ1n) is 14.0. The largest absolute Gasteiger partial charge is 0.486 e. The van der Waals surface area contributed by atoms with Crippen LogP contribution in [0.4, 0.5) is 4.39 Å². The zero-order chi connectivity index (χ0) is 30.1. The standard InChI is InChI=1S/C33H29FN2O7/c34-21-8-5-6-19(16-21)12-14-36(32(40)24-17-20-7-1-3-10-26(20)43-33(24)41)25-18-23(31(39)35-13-15-37)28-22-9-2-4-11-27(22)42-30(28)29(25)38/h1-11,16-18,25,28-30,37-38H,12-15H2,(H,35,39)/t25-,28+,29+,30+/m1/s1. The van der Waals surface area contributed by atoms with Crippen molar-refractivity contribution in [1.82, 2.24) is 10.2 Å². The van der Waals surface area contributed by atoms with E-state index in [0.29, 0.717) is 27.8 Å². The van der Waals surface area contributed by atoms with Crippen molar-refractivity contribution < 1.29 is 33.3 Å². The molecule has 1 aliphatic carbocycles. The average molecular weight is 585 g/mol. The predicted octanol–water partition coefficient (Wildman–Crippen LogP) is 2.94. The van der Waals surface area contributed by atoms with Gasteiger partial charge in [0.05, 0.1) is 18.6 Å². The van der Waals surface area contributed by atoms with Crippen LogP contribution >= 0.6 is 0 Å². The molecule has 3 aromatic carbocycles. The van der Waals surface area contributed by atoms with Gasteiger partial charge in [-0.15, -0.1) is 0 Å². The number of hydrogen-bond acceptors (Lipinski definition) is 7. The highest BCUT2D eigenvalue weighted by atomic mass is 19.1. The van der Waals surface area contributed by atoms with Gasteiger partial charge in [-0.1, -0.05) is 48.5 Å². The van der Waals surface area contributed by atoms with Gasteiger partial charge in [-0.3, -0.25) is 9.59 Å². The summed E-state index contributed by atoms with van der Waals surface area (Å²) in [7, 11) is 0. The number of benzene rings is 3. The summed E-state index contributed by atoms with van der Waals surface area (Å²) in [6, 6.07) is 20.2. The van der Waals surface area contributed by atoms with E-state index >= 15 is 0 Å². The van der Waals surface area contributed by atoms with E-state index in [2.05, 4.69) is 5.32 Å². The molecule has 220 valence electrons. The lowest BCUT2D eigenvalue weighted by atomic mass is 9.77. The number of amides is 2. The van der Waals surface area contributed by atoms with Crippen molar-refractivity contribution in [3.8, 4) is 5.75 Å². The number of ether oxygens (including phenoxy) is 1. The number of hydrogen-bond donors (Lipinski definition) is 3. The van der Waals surface area contributed by atoms with Crippen LogP contribution in [0.2, 0.25) is 0 Å². The minimum atomic E-state index is -1.30. The van der Waals surface area contributed by atoms with Gasteiger partial charge in [0.15, 0.2) is 0 Å². The maximum atomic E-state index is 14.2. The van der Waals surface area contributed by atoms with Gasteiger partial charge in [-0.05, 0) is 48.4 Å². The van der Waals surface area contributed by atoms with Crippen molar-refractivity contribution in [3.05, 3.63) is 123 Å². The minimum Gasteiger partial charge on any atom is -0.486 e. The molecule has 43 heavy (non-hydrogen) atoms. The molecule has 2 heterocycles. The van der Waals surface area contributed by atoms with E-state index in [1.807, 2.05) is 6.07 Å². The Balaban J connectivity index is 1.44. The molecule has 3 N–H and O–H groups in total. The Morgan fingerprint density at radius 3 is 2.60 bits per heavy atom. The van der Waals surface area contributed by atoms with Gasteiger partial charge in [0.1, 0.15) is 34.9 Å². The van der Waals surface area contributed by atoms with Crippen LogP contribution in [0.3, 0.4) is 0 Å². The van der Waals surface area contributed by atoms with Gasteiger partial charge in [0.25, 0.3) is 5.91 Å². The summed E-state index contributed by atoms with van der Waals surface area (Å²) >= 11 is 0. The highest BCUT2D eigenvalue weighted by Crippen LogP contribution is 2.47. The van der Waals surface area contributed by atoms with Crippen LogP contribution < -0.4 is 15.7 Å². The maximum absolute atomic E-state index is 14.2. The van der Waals surface area contributed by atoms with Crippen molar-refractivity contribution in [2.45, 2.75) is 30.6 Å². The molecule has 9 nitrogen and oxygen atoms in total. The summed E-state index contributed by atoms with van der Waals surface area (Å²) in [5.41, 5.74) is 0.785. The molecule has 1 aliphatic heterocycles. The van der Waals surface area contributed by atoms with E-state index in [0.717, 1.165) is 0 Å². The fourth-order valence-corrected chi connectivity index (χ4v) is 5.88. The molecule has 1 aromatic heterocycles. The molecule has 2 amide bonds. The first-order valence-corrected chi connectivity index (χ1v) is 14.0. The third-order valence-corrected chi connectivity index (χ3v) is 7.90. The lowest BCUT2D eigenvalue weighted by Crippen LogP contribution is -2.56. The number of carbonyl (C=O) groups is 2. The lowest BCUT2D eigenvalue weighted by molar-refractivity contribution is -0.118. The van der Waals surface area contributed by atoms with Crippen molar-refractivity contribution in [2.75, 3.05) is 19.7 Å². The predicted molar refractivity (Wildman–Crippen MR) is 155 cm³/mol. The van der Waals surface area contributed by atoms with Gasteiger partial charge < -0.3 is 29.6 Å². The third kappa shape index (κ3) is 5.42. The first-order chi connectivity index (χ1) is 20.9. The second kappa shape index (κ2) is 11.8. The molecule has 4 atom stereocenters. The van der Waals surface area contributed by atoms with Crippen LogP contribution in [-0.4, -0.2) is 64.9 Å². The van der Waals surface area contributed by atoms with E-state index in [4.69, 9.17) is 9.15 Å². The Hall–Kier alpha value is -4.80. The normalized spacial score (nSPS) is 20.5. The Bertz CT molecular complexity index is 1780. The summed E-state index contributed by atoms with van der Waals surface area (Å²) in [5.74, 6) is -1.77. The van der Waals surface area contributed by atoms with Crippen LogP contribution in [-0.2, 0) is 11.2 Å². The molecule has 0 unspecified atom stereocenters. The van der Waals surface area contributed by atoms with E-state index in [1.165, 1.54) is 29.2 Å². The number of carbonyl (C=O) groups excluding carboxylic acids is 2. The topological polar surface area (TPSA) is 129 Å². The Labute approximate surface area is 245 Å². The fourth-order valence-electron chi connectivity index (χ4n) is 5.88. The zero-order valence-electron chi connectivity index (χ0n) is 23.0. The van der Waals surface area contributed by atoms with E-state index in [1.54, 1.807) is 54.6 Å². The Kier molecular flexibility index (Phi) is 7.79. The molecule has 0 saturated heterocycles. The van der Waals surface area contributed by atoms with E-state index in [-0.39, 0.29) is 37.3 Å². The van der Waals surface area contributed by atoms with Gasteiger partial charge in [0, 0.05) is 29.6 Å². The first kappa shape index (κ1) is 28.3. The van der Waals surface area contributed by atoms with Crippen molar-refractivity contribution in [2.24, 2.45) is 0 Å². The molecule has 0 bridgehead atoms. The van der Waals surface area contributed by atoms with Crippen LogP contribution in [0, 0.1) is 5.82 Å². The summed E-state index contributed by atoms with van der Waals surface area (Å²) in [6.07, 6.45) is -0.493. The van der Waals surface area contributed by atoms with Crippen LogP contribution in [0.15, 0.2) is 99.7 Å². The molecule has 4 aromatic rings. The lowest BCUT2D eigenvalue weighted by Gasteiger charge is -2.40. The van der Waals surface area contributed by atoms with E-state index < -0.39 is 47.4 Å². The monoisotopic (exact) mass is 584 g/mol. The maximum Gasteiger partial charge on any atom is 0.349 e. The Morgan fingerprint density at radius 1 is 1.00 bits per heavy atom. The number of para-hydroxylation sites is 2. The highest BCUT2D eigenvalue weighted by molar-refractivity contribution is 5.98. The van der Waals surface area contributed by atoms with Crippen LogP contribution in [0.25, 0.3) is 11.0 Å². The number of halogens is 1. The summed E-state index contributed by atoms with van der Waals surface area (Å²) < 4.78 is 25.6. The molecule has 10 heteroatoms. The van der Waals surface area contributed by atoms with E-state index in [9.17, 15) is 29.0 Å². The third-order valence-electron chi connectivity index (χ3n) is 7.90. The number of aliphatic hydroxyl groups excluding tert-OH is 2. The quantitative estimate of drug-likeness (QED) is 0.272. The number of nitrogens with one attached hydrogen (secondary N) is 1. The second-order valence-electron chi connectivity index (χ2n) is 10.5. The Morgan fingerprint density at radius 2 is 1.79 bits per heavy atom. The SMILES string of the molecule is O=C(NCCO)C1=C[C@@H](N(CCc2cccc(F)c2)C(=O)c2cc3ccccc3oc2=O)[C@H](O)[C@H]2Oc3ccccc3[C@@H]12. The zero-order valence-corrected chi connectivity index (χ0v) is 23.0. The number of nitrogens with zero attached hydrogens (tertiary/aromatic N) is 1. The highest BCUT2D eigenvalue weighted by Gasteiger charge is 2.50. The van der Waals surface area contributed by atoms with Gasteiger partial charge >= 0.3 is 5.63 Å². The second-order valence-corrected chi connectivity index (χ2v) is 10.5. The van der Waals surface area contributed by atoms with Gasteiger partial charge in [-0.2, -0.15) is 0 Å². The smallest absolute Gasteiger partial charge is 0.349 e. The molecule has 0 radical (unpaired) electrons. The number of aliphatic hydroxyl groups is 2. The summed E-state index contributed by atoms with van der Waals surface area (Å²) in [4.78, 5) is 41.9. The van der Waals surface area contributed by atoms with Crippen molar-refractivity contribution in [3.63, 3.8) is 0 Å².